The van der Waals surface area contributed by atoms with Crippen LogP contribution in [0.1, 0.15) is 31.4 Å². The van der Waals surface area contributed by atoms with Crippen LogP contribution < -0.4 is 24.8 Å². The van der Waals surface area contributed by atoms with E-state index < -0.39 is 0 Å². The summed E-state index contributed by atoms with van der Waals surface area (Å²) >= 11 is 0. The minimum Gasteiger partial charge on any atom is -0.496 e. The molecule has 0 aromatic heterocycles. The molecule has 1 fully saturated rings. The van der Waals surface area contributed by atoms with Crippen molar-refractivity contribution in [2.75, 3.05) is 27.0 Å². The van der Waals surface area contributed by atoms with Crippen LogP contribution >= 0.6 is 0 Å². The van der Waals surface area contributed by atoms with Gasteiger partial charge in [0.2, 0.25) is 12.7 Å². The fraction of sp³-hybridized carbons (Fsp3) is 0.414. The van der Waals surface area contributed by atoms with Crippen molar-refractivity contribution in [1.29, 1.82) is 0 Å². The van der Waals surface area contributed by atoms with Gasteiger partial charge >= 0.3 is 0 Å². The van der Waals surface area contributed by atoms with Crippen LogP contribution in [0.3, 0.4) is 0 Å². The second kappa shape index (κ2) is 10.8. The molecule has 0 unspecified atom stereocenters. The van der Waals surface area contributed by atoms with Crippen LogP contribution in [0.5, 0.6) is 17.2 Å². The summed E-state index contributed by atoms with van der Waals surface area (Å²) in [4.78, 5) is 15.5. The first-order valence-electron chi connectivity index (χ1n) is 12.7. The quantitative estimate of drug-likeness (QED) is 0.475. The fourth-order valence-electron chi connectivity index (χ4n) is 5.30. The molecule has 0 bridgehead atoms. The van der Waals surface area contributed by atoms with Gasteiger partial charge in [0.05, 0.1) is 13.2 Å². The number of nitrogens with one attached hydrogen (secondary N) is 2. The van der Waals surface area contributed by atoms with Gasteiger partial charge in [0.1, 0.15) is 5.75 Å². The number of amides is 1. The lowest BCUT2D eigenvalue weighted by atomic mass is 10.0. The van der Waals surface area contributed by atoms with Crippen molar-refractivity contribution in [2.45, 2.75) is 51.4 Å². The van der Waals surface area contributed by atoms with Crippen molar-refractivity contribution in [3.63, 3.8) is 0 Å². The van der Waals surface area contributed by atoms with E-state index in [9.17, 15) is 4.79 Å². The molecular formula is C29H35N3O4. The van der Waals surface area contributed by atoms with Gasteiger partial charge in [-0.3, -0.25) is 9.69 Å². The molecule has 7 heteroatoms. The Kier molecular flexibility index (Phi) is 7.30. The smallest absolute Gasteiger partial charge is 0.237 e. The average molecular weight is 490 g/mol. The lowest BCUT2D eigenvalue weighted by molar-refractivity contribution is -0.126. The predicted molar refractivity (Wildman–Crippen MR) is 141 cm³/mol. The highest BCUT2D eigenvalue weighted by atomic mass is 16.7. The minimum absolute atomic E-state index is 0.101. The molecule has 3 aromatic rings. The lowest BCUT2D eigenvalue weighted by Crippen LogP contribution is -2.46. The van der Waals surface area contributed by atoms with Gasteiger partial charge in [-0.25, -0.2) is 0 Å². The molecule has 2 heterocycles. The lowest BCUT2D eigenvalue weighted by Gasteiger charge is -2.27. The normalized spacial score (nSPS) is 19.2. The van der Waals surface area contributed by atoms with Crippen LogP contribution in [0.15, 0.2) is 54.6 Å². The van der Waals surface area contributed by atoms with E-state index in [1.165, 1.54) is 10.9 Å². The number of ether oxygens (including phenoxy) is 3. The van der Waals surface area contributed by atoms with Crippen molar-refractivity contribution < 1.29 is 19.0 Å². The number of fused-ring (bicyclic) bond motifs is 2. The average Bonchev–Trinajstić information content (AvgIpc) is 3.54. The van der Waals surface area contributed by atoms with Gasteiger partial charge in [-0.1, -0.05) is 36.4 Å². The van der Waals surface area contributed by atoms with E-state index in [1.54, 1.807) is 7.11 Å². The first kappa shape index (κ1) is 24.4. The van der Waals surface area contributed by atoms with Gasteiger partial charge in [0.25, 0.3) is 0 Å². The van der Waals surface area contributed by atoms with E-state index in [2.05, 4.69) is 53.6 Å². The largest absolute Gasteiger partial charge is 0.496 e. The van der Waals surface area contributed by atoms with E-state index >= 15 is 0 Å². The zero-order valence-corrected chi connectivity index (χ0v) is 21.3. The third-order valence-electron chi connectivity index (χ3n) is 7.23. The SMILES string of the molecule is COc1ccc(CN[C@@H]2C[C@@H](C(=O)NCCc3ccc4c(c3)OCO4)N(C(C)C)C2)c2ccccc12. The molecule has 0 aliphatic carbocycles. The van der Waals surface area contributed by atoms with E-state index in [0.29, 0.717) is 12.6 Å². The van der Waals surface area contributed by atoms with Crippen LogP contribution in [-0.2, 0) is 17.8 Å². The molecule has 7 nitrogen and oxygen atoms in total. The molecule has 5 rings (SSSR count). The summed E-state index contributed by atoms with van der Waals surface area (Å²) in [5.41, 5.74) is 2.36. The second-order valence-electron chi connectivity index (χ2n) is 9.82. The zero-order valence-electron chi connectivity index (χ0n) is 21.3. The van der Waals surface area contributed by atoms with Crippen molar-refractivity contribution in [3.05, 3.63) is 65.7 Å². The molecule has 0 saturated carbocycles. The Bertz CT molecular complexity index is 1230. The molecular weight excluding hydrogens is 454 g/mol. The molecule has 0 radical (unpaired) electrons. The number of carbonyl (C=O) groups is 1. The van der Waals surface area contributed by atoms with Gasteiger partial charge in [-0.05, 0) is 61.4 Å². The topological polar surface area (TPSA) is 72.1 Å². The predicted octanol–water partition coefficient (Wildman–Crippen LogP) is 3.88. The molecule has 0 spiro atoms. The highest BCUT2D eigenvalue weighted by Gasteiger charge is 2.37. The van der Waals surface area contributed by atoms with Crippen LogP contribution in [0, 0.1) is 0 Å². The number of carbonyl (C=O) groups excluding carboxylic acids is 1. The second-order valence-corrected chi connectivity index (χ2v) is 9.82. The summed E-state index contributed by atoms with van der Waals surface area (Å²) in [5, 5.41) is 9.19. The zero-order chi connectivity index (χ0) is 25.1. The fourth-order valence-corrected chi connectivity index (χ4v) is 5.30. The highest BCUT2D eigenvalue weighted by molar-refractivity contribution is 5.91. The number of hydrogen-bond acceptors (Lipinski definition) is 6. The number of likely N-dealkylation sites (tertiary alicyclic amines) is 1. The van der Waals surface area contributed by atoms with Gasteiger partial charge in [-0.15, -0.1) is 0 Å². The number of hydrogen-bond donors (Lipinski definition) is 2. The Hall–Kier alpha value is -3.29. The number of nitrogens with zero attached hydrogens (tertiary/aromatic N) is 1. The maximum atomic E-state index is 13.2. The van der Waals surface area contributed by atoms with Crippen molar-refractivity contribution in [1.82, 2.24) is 15.5 Å². The van der Waals surface area contributed by atoms with E-state index in [0.717, 1.165) is 54.1 Å². The molecule has 2 atom stereocenters. The number of rotatable bonds is 9. The monoisotopic (exact) mass is 489 g/mol. The van der Waals surface area contributed by atoms with Crippen LogP contribution in [-0.4, -0.2) is 55.9 Å². The van der Waals surface area contributed by atoms with Crippen molar-refractivity contribution in [3.8, 4) is 17.2 Å². The first-order valence-corrected chi connectivity index (χ1v) is 12.7. The van der Waals surface area contributed by atoms with Crippen molar-refractivity contribution >= 4 is 16.7 Å². The number of methoxy groups -OCH3 is 1. The Morgan fingerprint density at radius 3 is 2.69 bits per heavy atom. The Labute approximate surface area is 212 Å². The molecule has 2 N–H and O–H groups in total. The first-order chi connectivity index (χ1) is 17.5. The molecule has 190 valence electrons. The molecule has 3 aromatic carbocycles. The minimum atomic E-state index is -0.133. The third kappa shape index (κ3) is 5.13. The van der Waals surface area contributed by atoms with Crippen LogP contribution in [0.4, 0.5) is 0 Å². The highest BCUT2D eigenvalue weighted by Crippen LogP contribution is 2.32. The van der Waals surface area contributed by atoms with E-state index in [-0.39, 0.29) is 24.8 Å². The summed E-state index contributed by atoms with van der Waals surface area (Å²) in [6, 6.07) is 18.9. The molecule has 2 aliphatic heterocycles. The summed E-state index contributed by atoms with van der Waals surface area (Å²) in [6.07, 6.45) is 1.55. The molecule has 1 amide bonds. The van der Waals surface area contributed by atoms with Crippen molar-refractivity contribution in [2.24, 2.45) is 0 Å². The Morgan fingerprint density at radius 2 is 1.89 bits per heavy atom. The van der Waals surface area contributed by atoms with Gasteiger partial charge in [0, 0.05) is 37.1 Å². The van der Waals surface area contributed by atoms with E-state index in [1.807, 2.05) is 30.3 Å². The number of benzene rings is 3. The van der Waals surface area contributed by atoms with E-state index in [4.69, 9.17) is 14.2 Å². The van der Waals surface area contributed by atoms with Crippen LogP contribution in [0.25, 0.3) is 10.8 Å². The van der Waals surface area contributed by atoms with Gasteiger partial charge < -0.3 is 24.8 Å². The summed E-state index contributed by atoms with van der Waals surface area (Å²) in [5.74, 6) is 2.55. The maximum Gasteiger partial charge on any atom is 0.237 e. The molecule has 2 aliphatic rings. The third-order valence-corrected chi connectivity index (χ3v) is 7.23. The van der Waals surface area contributed by atoms with Gasteiger partial charge in [-0.2, -0.15) is 0 Å². The summed E-state index contributed by atoms with van der Waals surface area (Å²) in [7, 11) is 1.71. The van der Waals surface area contributed by atoms with Gasteiger partial charge in [0.15, 0.2) is 11.5 Å². The molecule has 1 saturated heterocycles. The maximum absolute atomic E-state index is 13.2. The summed E-state index contributed by atoms with van der Waals surface area (Å²) < 4.78 is 16.4. The Balaban J connectivity index is 1.18. The summed E-state index contributed by atoms with van der Waals surface area (Å²) in [6.45, 7) is 6.78. The standard InChI is InChI=1S/C29H35N3O4/c1-19(2)32-17-22(31-16-21-9-11-26(34-3)24-7-5-4-6-23(21)24)15-25(32)29(33)30-13-12-20-8-10-27-28(14-20)36-18-35-27/h4-11,14,19,22,25,31H,12-13,15-18H2,1-3H3,(H,30,33)/t22-,25+/m1/s1. The van der Waals surface area contributed by atoms with Crippen LogP contribution in [0.2, 0.25) is 0 Å². The molecule has 36 heavy (non-hydrogen) atoms. The Morgan fingerprint density at radius 1 is 1.08 bits per heavy atom.